The van der Waals surface area contributed by atoms with Gasteiger partial charge in [0.15, 0.2) is 0 Å². The van der Waals surface area contributed by atoms with Crippen molar-refractivity contribution in [3.8, 4) is 0 Å². The van der Waals surface area contributed by atoms with Crippen molar-refractivity contribution in [3.63, 3.8) is 0 Å². The van der Waals surface area contributed by atoms with Crippen molar-refractivity contribution in [3.05, 3.63) is 37.9 Å². The zero-order chi connectivity index (χ0) is 13.0. The number of hydrogen-bond donors (Lipinski definition) is 0. The van der Waals surface area contributed by atoms with E-state index in [1.165, 1.54) is 36.9 Å². The van der Waals surface area contributed by atoms with Gasteiger partial charge in [-0.2, -0.15) is 0 Å². The normalized spacial score (nSPS) is 22.2. The Hall–Kier alpha value is -1.55. The first kappa shape index (κ1) is 11.3. The predicted molar refractivity (Wildman–Crippen MR) is 74.2 cm³/mol. The summed E-state index contributed by atoms with van der Waals surface area (Å²) in [4.78, 5) is 10.9. The Kier molecular flexibility index (Phi) is 2.22. The molecule has 2 aromatic heterocycles. The third-order valence-corrected chi connectivity index (χ3v) is 4.83. The summed E-state index contributed by atoms with van der Waals surface area (Å²) in [7, 11) is 8.38. The van der Waals surface area contributed by atoms with Gasteiger partial charge in [0.05, 0.1) is 0 Å². The summed E-state index contributed by atoms with van der Waals surface area (Å²) < 4.78 is 2.02. The van der Waals surface area contributed by atoms with Crippen LogP contribution in [-0.2, 0) is 12.0 Å². The minimum atomic E-state index is 0.241. The van der Waals surface area contributed by atoms with Gasteiger partial charge in [0.2, 0.25) is 0 Å². The van der Waals surface area contributed by atoms with Gasteiger partial charge in [0, 0.05) is 5.52 Å². The van der Waals surface area contributed by atoms with Gasteiger partial charge in [-0.25, -0.2) is 4.98 Å². The van der Waals surface area contributed by atoms with Crippen molar-refractivity contribution < 1.29 is 0 Å². The summed E-state index contributed by atoms with van der Waals surface area (Å²) in [6.07, 6.45) is 8.64. The van der Waals surface area contributed by atoms with E-state index in [0.29, 0.717) is 0 Å². The molecule has 0 radical (unpaired) electrons. The van der Waals surface area contributed by atoms with Crippen LogP contribution in [0, 0.1) is 14.1 Å². The van der Waals surface area contributed by atoms with Gasteiger partial charge in [-0.1, -0.05) is 24.1 Å². The van der Waals surface area contributed by atoms with Crippen LogP contribution in [0.2, 0.25) is 0 Å². The molecule has 0 atom stereocenters. The SMILES string of the molecule is [CH2-]N1Cc2c(c3ncncc3n2[CH2-])C2(CCCC2)C1. The number of fused-ring (bicyclic) bond motifs is 4. The monoisotopic (exact) mass is 254 g/mol. The van der Waals surface area contributed by atoms with Crippen molar-refractivity contribution >= 4 is 11.0 Å². The predicted octanol–water partition coefficient (Wildman–Crippen LogP) is 2.49. The van der Waals surface area contributed by atoms with Gasteiger partial charge in [-0.3, -0.25) is 12.0 Å². The average molecular weight is 254 g/mol. The Morgan fingerprint density at radius 1 is 1.21 bits per heavy atom. The van der Waals surface area contributed by atoms with E-state index < -0.39 is 0 Å². The Morgan fingerprint density at radius 2 is 2.00 bits per heavy atom. The van der Waals surface area contributed by atoms with Gasteiger partial charge in [0.1, 0.15) is 6.33 Å². The molecule has 1 fully saturated rings. The van der Waals surface area contributed by atoms with Gasteiger partial charge in [-0.05, 0) is 43.1 Å². The maximum Gasteiger partial charge on any atom is 0.113 e. The second-order valence-electron chi connectivity index (χ2n) is 5.98. The maximum absolute atomic E-state index is 4.55. The molecular formula is C15H18N4-2. The quantitative estimate of drug-likeness (QED) is 0.677. The van der Waals surface area contributed by atoms with Crippen molar-refractivity contribution in [2.24, 2.45) is 0 Å². The van der Waals surface area contributed by atoms with E-state index in [2.05, 4.69) is 29.0 Å². The van der Waals surface area contributed by atoms with Crippen LogP contribution in [-0.4, -0.2) is 26.0 Å². The molecule has 100 valence electrons. The molecule has 0 saturated heterocycles. The Balaban J connectivity index is 2.06. The summed E-state index contributed by atoms with van der Waals surface area (Å²) >= 11 is 0. The molecule has 0 N–H and O–H groups in total. The van der Waals surface area contributed by atoms with Crippen LogP contribution in [0.15, 0.2) is 12.5 Å². The fourth-order valence-corrected chi connectivity index (χ4v) is 4.09. The Bertz CT molecular complexity index is 637. The third-order valence-electron chi connectivity index (χ3n) is 4.83. The molecule has 1 aliphatic heterocycles. The summed E-state index contributed by atoms with van der Waals surface area (Å²) in [6.45, 7) is 1.90. The second-order valence-corrected chi connectivity index (χ2v) is 5.98. The Morgan fingerprint density at radius 3 is 2.79 bits per heavy atom. The highest BCUT2D eigenvalue weighted by molar-refractivity contribution is 5.82. The second kappa shape index (κ2) is 3.73. The molecule has 3 heterocycles. The van der Waals surface area contributed by atoms with Crippen molar-refractivity contribution in [1.29, 1.82) is 0 Å². The zero-order valence-corrected chi connectivity index (χ0v) is 11.1. The molecule has 0 bridgehead atoms. The van der Waals surface area contributed by atoms with E-state index in [1.54, 1.807) is 6.33 Å². The first-order valence-corrected chi connectivity index (χ1v) is 6.91. The van der Waals surface area contributed by atoms with Crippen molar-refractivity contribution in [2.45, 2.75) is 37.6 Å². The third kappa shape index (κ3) is 1.40. The number of hydrogen-bond acceptors (Lipinski definition) is 3. The molecular weight excluding hydrogens is 236 g/mol. The van der Waals surface area contributed by atoms with Crippen LogP contribution in [0.1, 0.15) is 36.9 Å². The van der Waals surface area contributed by atoms with E-state index in [9.17, 15) is 0 Å². The molecule has 0 aromatic carbocycles. The zero-order valence-electron chi connectivity index (χ0n) is 11.1. The molecule has 0 amide bonds. The lowest BCUT2D eigenvalue weighted by Crippen LogP contribution is -2.41. The highest BCUT2D eigenvalue weighted by Crippen LogP contribution is 2.48. The van der Waals surface area contributed by atoms with E-state index in [4.69, 9.17) is 0 Å². The molecule has 1 aliphatic carbocycles. The molecule has 4 rings (SSSR count). The fourth-order valence-electron chi connectivity index (χ4n) is 4.09. The highest BCUT2D eigenvalue weighted by atomic mass is 15.2. The van der Waals surface area contributed by atoms with E-state index in [0.717, 1.165) is 24.1 Å². The van der Waals surface area contributed by atoms with Gasteiger partial charge >= 0.3 is 0 Å². The van der Waals surface area contributed by atoms with Gasteiger partial charge in [0.25, 0.3) is 0 Å². The maximum atomic E-state index is 4.55. The summed E-state index contributed by atoms with van der Waals surface area (Å²) in [5.74, 6) is 0. The minimum Gasteiger partial charge on any atom is -0.481 e. The summed E-state index contributed by atoms with van der Waals surface area (Å²) in [5, 5.41) is 0. The van der Waals surface area contributed by atoms with Crippen molar-refractivity contribution in [1.82, 2.24) is 19.4 Å². The lowest BCUT2D eigenvalue weighted by atomic mass is 9.75. The number of nitrogens with zero attached hydrogens (tertiary/aromatic N) is 4. The van der Waals surface area contributed by atoms with Crippen LogP contribution in [0.3, 0.4) is 0 Å². The molecule has 4 nitrogen and oxygen atoms in total. The lowest BCUT2D eigenvalue weighted by molar-refractivity contribution is 0.231. The minimum absolute atomic E-state index is 0.241. The highest BCUT2D eigenvalue weighted by Gasteiger charge is 2.39. The van der Waals surface area contributed by atoms with Crippen LogP contribution < -0.4 is 0 Å². The summed E-state index contributed by atoms with van der Waals surface area (Å²) in [6, 6.07) is 0. The van der Waals surface area contributed by atoms with E-state index in [-0.39, 0.29) is 5.41 Å². The smallest absolute Gasteiger partial charge is 0.113 e. The van der Waals surface area contributed by atoms with E-state index >= 15 is 0 Å². The standard InChI is InChI=1S/C15H18N4/c1-18-8-12-13(15(9-18)5-3-4-6-15)14-11(19(12)2)7-16-10-17-14/h7,10H,1-6,8-9H2/q-2. The van der Waals surface area contributed by atoms with Gasteiger partial charge < -0.3 is 9.47 Å². The molecule has 19 heavy (non-hydrogen) atoms. The molecule has 1 spiro atoms. The Labute approximate surface area is 113 Å². The van der Waals surface area contributed by atoms with Crippen LogP contribution in [0.25, 0.3) is 11.0 Å². The first-order valence-electron chi connectivity index (χ1n) is 6.91. The average Bonchev–Trinajstić information content (AvgIpc) is 2.96. The molecule has 2 aliphatic rings. The molecule has 1 saturated carbocycles. The van der Waals surface area contributed by atoms with Gasteiger partial charge in [-0.15, -0.1) is 7.05 Å². The summed E-state index contributed by atoms with van der Waals surface area (Å²) in [5.41, 5.74) is 5.10. The van der Waals surface area contributed by atoms with E-state index in [1.807, 2.05) is 10.8 Å². The van der Waals surface area contributed by atoms with Crippen LogP contribution in [0.5, 0.6) is 0 Å². The van der Waals surface area contributed by atoms with Crippen LogP contribution >= 0.6 is 0 Å². The number of rotatable bonds is 0. The van der Waals surface area contributed by atoms with Crippen molar-refractivity contribution in [2.75, 3.05) is 6.54 Å². The lowest BCUT2D eigenvalue weighted by Gasteiger charge is -2.46. The van der Waals surface area contributed by atoms with Crippen LogP contribution in [0.4, 0.5) is 0 Å². The molecule has 0 unspecified atom stereocenters. The first-order chi connectivity index (χ1) is 9.21. The molecule has 4 heteroatoms. The molecule has 2 aromatic rings. The topological polar surface area (TPSA) is 34.0 Å². The number of aromatic nitrogens is 3. The largest absolute Gasteiger partial charge is 0.481 e. The fraction of sp³-hybridized carbons (Fsp3) is 0.467.